The average Bonchev–Trinajstić information content (AvgIpc) is 4.16. The van der Waals surface area contributed by atoms with Gasteiger partial charge in [0.2, 0.25) is 0 Å². The molecule has 0 amide bonds. The van der Waals surface area contributed by atoms with E-state index in [1.165, 1.54) is 0 Å². The third-order valence-corrected chi connectivity index (χ3v) is 12.7. The van der Waals surface area contributed by atoms with Crippen molar-refractivity contribution in [2.75, 3.05) is 0 Å². The maximum atomic E-state index is 5.04. The maximum Gasteiger partial charge on any atom is 3.00 e. The summed E-state index contributed by atoms with van der Waals surface area (Å²) in [6.07, 6.45) is 9.51. The van der Waals surface area contributed by atoms with E-state index in [-0.39, 0.29) is 20.1 Å². The zero-order valence-corrected chi connectivity index (χ0v) is 42.5. The van der Waals surface area contributed by atoms with E-state index in [1.54, 1.807) is 19.0 Å². The van der Waals surface area contributed by atoms with Crippen LogP contribution >= 0.6 is 0 Å². The number of benzene rings is 6. The molecule has 0 unspecified atom stereocenters. The van der Waals surface area contributed by atoms with Crippen molar-refractivity contribution < 1.29 is 20.1 Å². The molecule has 0 radical (unpaired) electrons. The summed E-state index contributed by atoms with van der Waals surface area (Å²) >= 11 is 0. The molecule has 0 fully saturated rings. The monoisotopic (exact) mass is 1100 g/mol. The van der Waals surface area contributed by atoms with E-state index in [1.807, 2.05) is 31.9 Å². The Bertz CT molecular complexity index is 2970. The molecule has 4 aromatic heterocycles. The summed E-state index contributed by atoms with van der Waals surface area (Å²) in [4.78, 5) is 15.1. The van der Waals surface area contributed by atoms with Gasteiger partial charge in [-0.05, 0) is 74.9 Å². The maximum absolute atomic E-state index is 5.04. The SMILES string of the molecule is Cc1cccc(C)c1-n1cnnc1-c1[c-]cc(CCc2nc(CCc3c[c-]c(-c4nncn4-c4c(C)cccc4C)cc3)nc(CCc3c[c-]c(-c4nncn4-c4c(C)cccc4C)cc3)n2)cc1.[Ir+3]. The smallest absolute Gasteiger partial charge is 0.322 e. The quantitative estimate of drug-likeness (QED) is 0.0921. The molecule has 6 aromatic carbocycles. The molecular formula is C57H51IrN12. The number of para-hydroxylation sites is 3. The summed E-state index contributed by atoms with van der Waals surface area (Å²) in [6, 6.07) is 48.0. The predicted octanol–water partition coefficient (Wildman–Crippen LogP) is 10.2. The number of nitrogens with zero attached hydrogens (tertiary/aromatic N) is 12. The summed E-state index contributed by atoms with van der Waals surface area (Å²) in [5.41, 5.74) is 16.3. The van der Waals surface area contributed by atoms with E-state index in [4.69, 9.17) is 15.0 Å². The van der Waals surface area contributed by atoms with Crippen molar-refractivity contribution in [3.63, 3.8) is 0 Å². The molecule has 0 aliphatic rings. The van der Waals surface area contributed by atoms with Crippen LogP contribution in [-0.4, -0.2) is 59.2 Å². The van der Waals surface area contributed by atoms with Crippen molar-refractivity contribution >= 4 is 0 Å². The Morgan fingerprint density at radius 2 is 0.629 bits per heavy atom. The first kappa shape index (κ1) is 47.5. The Morgan fingerprint density at radius 1 is 0.357 bits per heavy atom. The van der Waals surface area contributed by atoms with Crippen molar-refractivity contribution in [3.8, 4) is 51.2 Å². The van der Waals surface area contributed by atoms with E-state index < -0.39 is 0 Å². The Balaban J connectivity index is 0.00000608. The fraction of sp³-hybridized carbons (Fsp3) is 0.211. The minimum absolute atomic E-state index is 0. The zero-order valence-electron chi connectivity index (χ0n) is 40.1. The summed E-state index contributed by atoms with van der Waals surface area (Å²) in [5, 5.41) is 26.2. The molecule has 0 atom stereocenters. The number of aromatic nitrogens is 12. The Hall–Kier alpha value is -7.60. The number of hydrogen-bond acceptors (Lipinski definition) is 9. The molecule has 70 heavy (non-hydrogen) atoms. The fourth-order valence-electron chi connectivity index (χ4n) is 9.18. The normalized spacial score (nSPS) is 11.2. The van der Waals surface area contributed by atoms with Gasteiger partial charge in [0.25, 0.3) is 0 Å². The molecule has 0 saturated carbocycles. The second-order valence-corrected chi connectivity index (χ2v) is 17.7. The van der Waals surface area contributed by atoms with E-state index in [0.717, 1.165) is 138 Å². The molecule has 13 heteroatoms. The van der Waals surface area contributed by atoms with Gasteiger partial charge in [0.05, 0.1) is 17.5 Å². The second kappa shape index (κ2) is 21.0. The number of hydrogen-bond donors (Lipinski definition) is 0. The molecule has 4 heterocycles. The van der Waals surface area contributed by atoms with Gasteiger partial charge in [0, 0.05) is 36.3 Å². The minimum atomic E-state index is 0. The minimum Gasteiger partial charge on any atom is -0.322 e. The Morgan fingerprint density at radius 3 is 0.871 bits per heavy atom. The van der Waals surface area contributed by atoms with Gasteiger partial charge in [-0.1, -0.05) is 73.9 Å². The molecule has 10 rings (SSSR count). The average molecular weight is 1100 g/mol. The van der Waals surface area contributed by atoms with Gasteiger partial charge >= 0.3 is 20.1 Å². The van der Waals surface area contributed by atoms with Crippen LogP contribution in [0.2, 0.25) is 0 Å². The number of aryl methyl sites for hydroxylation is 12. The third-order valence-electron chi connectivity index (χ3n) is 12.7. The summed E-state index contributed by atoms with van der Waals surface area (Å²) in [7, 11) is 0. The summed E-state index contributed by atoms with van der Waals surface area (Å²) < 4.78 is 6.14. The van der Waals surface area contributed by atoms with E-state index in [9.17, 15) is 0 Å². The molecule has 0 aliphatic carbocycles. The molecule has 10 aromatic rings. The third kappa shape index (κ3) is 10.1. The van der Waals surface area contributed by atoms with Crippen LogP contribution in [0, 0.1) is 59.7 Å². The van der Waals surface area contributed by atoms with Crippen molar-refractivity contribution in [1.82, 2.24) is 59.2 Å². The summed E-state index contributed by atoms with van der Waals surface area (Å²) in [5.74, 6) is 4.59. The molecule has 0 spiro atoms. The van der Waals surface area contributed by atoms with Crippen molar-refractivity contribution in [1.29, 1.82) is 0 Å². The predicted molar refractivity (Wildman–Crippen MR) is 267 cm³/mol. The van der Waals surface area contributed by atoms with E-state index in [2.05, 4.69) is 181 Å². The van der Waals surface area contributed by atoms with Crippen LogP contribution in [0.1, 0.15) is 67.5 Å². The Kier molecular flexibility index (Phi) is 14.2. The van der Waals surface area contributed by atoms with E-state index in [0.29, 0.717) is 19.3 Å². The fourth-order valence-corrected chi connectivity index (χ4v) is 9.18. The molecule has 12 nitrogen and oxygen atoms in total. The number of rotatable bonds is 15. The molecule has 0 aliphatic heterocycles. The van der Waals surface area contributed by atoms with Crippen LogP contribution in [0.3, 0.4) is 0 Å². The van der Waals surface area contributed by atoms with Crippen LogP contribution in [0.25, 0.3) is 51.2 Å². The first-order valence-electron chi connectivity index (χ1n) is 23.3. The topological polar surface area (TPSA) is 131 Å². The van der Waals surface area contributed by atoms with Gasteiger partial charge in [-0.3, -0.25) is 0 Å². The van der Waals surface area contributed by atoms with Crippen LogP contribution in [0.5, 0.6) is 0 Å². The molecular weight excluding hydrogens is 1040 g/mol. The van der Waals surface area contributed by atoms with Crippen molar-refractivity contribution in [2.24, 2.45) is 0 Å². The van der Waals surface area contributed by atoms with Gasteiger partial charge in [-0.25, -0.2) is 15.0 Å². The van der Waals surface area contributed by atoms with Gasteiger partial charge in [-0.2, -0.15) is 15.3 Å². The second-order valence-electron chi connectivity index (χ2n) is 17.7. The molecule has 348 valence electrons. The van der Waals surface area contributed by atoms with Gasteiger partial charge in [0.15, 0.2) is 0 Å². The van der Waals surface area contributed by atoms with Crippen LogP contribution in [0.4, 0.5) is 0 Å². The van der Waals surface area contributed by atoms with Gasteiger partial charge in [-0.15, -0.1) is 121 Å². The first-order valence-corrected chi connectivity index (χ1v) is 23.3. The van der Waals surface area contributed by atoms with Crippen LogP contribution < -0.4 is 0 Å². The van der Waals surface area contributed by atoms with Crippen LogP contribution in [-0.2, 0) is 58.6 Å². The molecule has 0 N–H and O–H groups in total. The van der Waals surface area contributed by atoms with Crippen LogP contribution in [0.15, 0.2) is 128 Å². The standard InChI is InChI=1S/C57H51N12.Ir/c1-37-10-7-11-38(2)52(37)67-34-58-64-55(67)46-25-16-43(17-26-46)22-31-49-61-50(32-23-44-18-27-47(28-19-44)56-65-59-35-68(56)53-39(3)12-8-13-40(53)4)63-51(62-49)33-24-45-20-29-48(30-21-45)57-66-60-36-69(57)54-41(5)14-9-15-42(54)6;/h7-21,25,27,29,34-36H,22-24,31-33H2,1-6H3;/q-3;+3. The zero-order chi connectivity index (χ0) is 47.4. The van der Waals surface area contributed by atoms with Gasteiger partial charge in [0.1, 0.15) is 36.5 Å². The first-order chi connectivity index (χ1) is 33.7. The van der Waals surface area contributed by atoms with E-state index >= 15 is 0 Å². The molecule has 0 saturated heterocycles. The summed E-state index contributed by atoms with van der Waals surface area (Å²) in [6.45, 7) is 12.6. The van der Waals surface area contributed by atoms with Gasteiger partial charge < -0.3 is 13.7 Å². The molecule has 0 bridgehead atoms. The van der Waals surface area contributed by atoms with Crippen molar-refractivity contribution in [3.05, 3.63) is 214 Å². The van der Waals surface area contributed by atoms with Crippen molar-refractivity contribution in [2.45, 2.75) is 80.1 Å². The largest absolute Gasteiger partial charge is 3.00 e. The Labute approximate surface area is 422 Å².